The van der Waals surface area contributed by atoms with Crippen molar-refractivity contribution in [2.45, 2.75) is 20.3 Å². The van der Waals surface area contributed by atoms with Gasteiger partial charge in [0.05, 0.1) is 0 Å². The molecule has 0 fully saturated rings. The van der Waals surface area contributed by atoms with Crippen LogP contribution in [0.15, 0.2) is 0 Å². The van der Waals surface area contributed by atoms with Gasteiger partial charge in [0.25, 0.3) is 0 Å². The largest absolute Gasteiger partial charge is 0.369 e. The van der Waals surface area contributed by atoms with Crippen LogP contribution in [0, 0.1) is 13.8 Å². The molecule has 0 aliphatic carbocycles. The molecule has 5 heteroatoms. The van der Waals surface area contributed by atoms with E-state index in [-0.39, 0.29) is 5.28 Å². The molecule has 1 rings (SSSR count). The number of nitrogens with zero attached hydrogens (tertiary/aromatic N) is 2. The zero-order valence-corrected chi connectivity index (χ0v) is 8.93. The van der Waals surface area contributed by atoms with E-state index in [9.17, 15) is 4.79 Å². The van der Waals surface area contributed by atoms with Crippen molar-refractivity contribution in [3.63, 3.8) is 0 Å². The van der Waals surface area contributed by atoms with Crippen LogP contribution in [0.1, 0.15) is 17.7 Å². The van der Waals surface area contributed by atoms with Gasteiger partial charge < -0.3 is 10.1 Å². The van der Waals surface area contributed by atoms with Gasteiger partial charge in [0.1, 0.15) is 12.1 Å². The van der Waals surface area contributed by atoms with E-state index in [0.717, 1.165) is 17.5 Å². The number of carbonyl (C=O) groups is 1. The number of carbonyl (C=O) groups excluding carboxylic acids is 1. The first-order valence-electron chi connectivity index (χ1n) is 4.33. The van der Waals surface area contributed by atoms with Crippen molar-refractivity contribution in [3.8, 4) is 0 Å². The maximum absolute atomic E-state index is 10.1. The van der Waals surface area contributed by atoms with Crippen LogP contribution in [0.4, 0.5) is 5.82 Å². The van der Waals surface area contributed by atoms with Crippen LogP contribution < -0.4 is 5.32 Å². The van der Waals surface area contributed by atoms with Gasteiger partial charge in [-0.3, -0.25) is 0 Å². The fraction of sp³-hybridized carbons (Fsp3) is 0.444. The van der Waals surface area contributed by atoms with Gasteiger partial charge in [-0.2, -0.15) is 0 Å². The zero-order valence-electron chi connectivity index (χ0n) is 8.17. The number of halogens is 1. The van der Waals surface area contributed by atoms with Crippen LogP contribution in [0.2, 0.25) is 5.28 Å². The van der Waals surface area contributed by atoms with E-state index in [0.29, 0.717) is 18.8 Å². The summed E-state index contributed by atoms with van der Waals surface area (Å²) in [6.45, 7) is 4.35. The number of hydrogen-bond acceptors (Lipinski definition) is 4. The molecule has 0 aliphatic heterocycles. The average Bonchev–Trinajstić information content (AvgIpc) is 2.13. The SMILES string of the molecule is Cc1nc(Cl)nc(NCCC=O)c1C. The number of anilines is 1. The minimum absolute atomic E-state index is 0.224. The van der Waals surface area contributed by atoms with Gasteiger partial charge in [0, 0.05) is 24.2 Å². The van der Waals surface area contributed by atoms with E-state index in [4.69, 9.17) is 11.6 Å². The summed E-state index contributed by atoms with van der Waals surface area (Å²) in [7, 11) is 0. The van der Waals surface area contributed by atoms with Crippen LogP contribution in [0.3, 0.4) is 0 Å². The highest BCUT2D eigenvalue weighted by Crippen LogP contribution is 2.16. The highest BCUT2D eigenvalue weighted by atomic mass is 35.5. The summed E-state index contributed by atoms with van der Waals surface area (Å²) in [5.41, 5.74) is 1.80. The second-order valence-corrected chi connectivity index (χ2v) is 3.27. The van der Waals surface area contributed by atoms with Gasteiger partial charge in [-0.25, -0.2) is 9.97 Å². The van der Waals surface area contributed by atoms with Gasteiger partial charge in [-0.15, -0.1) is 0 Å². The van der Waals surface area contributed by atoms with Gasteiger partial charge in [0.2, 0.25) is 5.28 Å². The van der Waals surface area contributed by atoms with Gasteiger partial charge >= 0.3 is 0 Å². The van der Waals surface area contributed by atoms with Crippen molar-refractivity contribution in [2.75, 3.05) is 11.9 Å². The smallest absolute Gasteiger partial charge is 0.224 e. The first-order chi connectivity index (χ1) is 6.65. The maximum atomic E-state index is 10.1. The summed E-state index contributed by atoms with van der Waals surface area (Å²) in [6, 6.07) is 0. The van der Waals surface area contributed by atoms with Crippen LogP contribution >= 0.6 is 11.6 Å². The van der Waals surface area contributed by atoms with E-state index in [1.54, 1.807) is 0 Å². The number of hydrogen-bond donors (Lipinski definition) is 1. The lowest BCUT2D eigenvalue weighted by Gasteiger charge is -2.08. The molecule has 0 saturated heterocycles. The van der Waals surface area contributed by atoms with Crippen LogP contribution in [0.25, 0.3) is 0 Å². The molecule has 0 aromatic carbocycles. The number of nitrogens with one attached hydrogen (secondary N) is 1. The van der Waals surface area contributed by atoms with E-state index >= 15 is 0 Å². The van der Waals surface area contributed by atoms with E-state index < -0.39 is 0 Å². The number of aromatic nitrogens is 2. The van der Waals surface area contributed by atoms with Crippen molar-refractivity contribution >= 4 is 23.7 Å². The molecule has 1 aromatic rings. The zero-order chi connectivity index (χ0) is 10.6. The second-order valence-electron chi connectivity index (χ2n) is 2.93. The third kappa shape index (κ3) is 2.67. The van der Waals surface area contributed by atoms with Gasteiger partial charge in [-0.05, 0) is 25.4 Å². The Balaban J connectivity index is 2.79. The predicted molar refractivity (Wildman–Crippen MR) is 55.7 cm³/mol. The summed E-state index contributed by atoms with van der Waals surface area (Å²) >= 11 is 5.70. The molecule has 76 valence electrons. The molecule has 0 bridgehead atoms. The fourth-order valence-corrected chi connectivity index (χ4v) is 1.23. The lowest BCUT2D eigenvalue weighted by atomic mass is 10.2. The molecule has 0 atom stereocenters. The third-order valence-corrected chi connectivity index (χ3v) is 2.09. The monoisotopic (exact) mass is 213 g/mol. The van der Waals surface area contributed by atoms with Crippen molar-refractivity contribution in [1.82, 2.24) is 9.97 Å². The summed E-state index contributed by atoms with van der Waals surface area (Å²) in [6.07, 6.45) is 1.32. The lowest BCUT2D eigenvalue weighted by Crippen LogP contribution is -2.07. The molecule has 0 aliphatic rings. The summed E-state index contributed by atoms with van der Waals surface area (Å²) < 4.78 is 0. The number of aldehydes is 1. The summed E-state index contributed by atoms with van der Waals surface area (Å²) in [5.74, 6) is 0.698. The molecule has 1 N–H and O–H groups in total. The molecule has 4 nitrogen and oxygen atoms in total. The molecule has 1 heterocycles. The van der Waals surface area contributed by atoms with Crippen LogP contribution in [-0.4, -0.2) is 22.8 Å². The van der Waals surface area contributed by atoms with Crippen molar-refractivity contribution in [1.29, 1.82) is 0 Å². The van der Waals surface area contributed by atoms with E-state index in [1.165, 1.54) is 0 Å². The van der Waals surface area contributed by atoms with Crippen molar-refractivity contribution in [2.24, 2.45) is 0 Å². The molecule has 1 aromatic heterocycles. The van der Waals surface area contributed by atoms with E-state index in [1.807, 2.05) is 13.8 Å². The Labute approximate surface area is 87.7 Å². The van der Waals surface area contributed by atoms with Crippen molar-refractivity contribution in [3.05, 3.63) is 16.5 Å². The molecular formula is C9H12ClN3O. The van der Waals surface area contributed by atoms with E-state index in [2.05, 4.69) is 15.3 Å². The standard InChI is InChI=1S/C9H12ClN3O/c1-6-7(2)12-9(10)13-8(6)11-4-3-5-14/h5H,3-4H2,1-2H3,(H,11,12,13). The normalized spacial score (nSPS) is 9.93. The first-order valence-corrected chi connectivity index (χ1v) is 4.71. The Morgan fingerprint density at radius 2 is 2.14 bits per heavy atom. The van der Waals surface area contributed by atoms with Crippen molar-refractivity contribution < 1.29 is 4.79 Å². The molecular weight excluding hydrogens is 202 g/mol. The quantitative estimate of drug-likeness (QED) is 0.470. The Hall–Kier alpha value is -1.16. The highest BCUT2D eigenvalue weighted by molar-refractivity contribution is 6.28. The maximum Gasteiger partial charge on any atom is 0.224 e. The Morgan fingerprint density at radius 1 is 1.43 bits per heavy atom. The Kier molecular flexibility index (Phi) is 3.83. The predicted octanol–water partition coefficient (Wildman–Crippen LogP) is 1.75. The third-order valence-electron chi connectivity index (χ3n) is 1.92. The summed E-state index contributed by atoms with van der Waals surface area (Å²) in [5, 5.41) is 3.25. The van der Waals surface area contributed by atoms with Crippen LogP contribution in [0.5, 0.6) is 0 Å². The molecule has 14 heavy (non-hydrogen) atoms. The Morgan fingerprint density at radius 3 is 2.79 bits per heavy atom. The molecule has 0 unspecified atom stereocenters. The molecule has 0 radical (unpaired) electrons. The average molecular weight is 214 g/mol. The Bertz CT molecular complexity index is 341. The van der Waals surface area contributed by atoms with Gasteiger partial charge in [0.15, 0.2) is 0 Å². The number of rotatable bonds is 4. The molecule has 0 spiro atoms. The second kappa shape index (κ2) is 4.91. The minimum atomic E-state index is 0.224. The van der Waals surface area contributed by atoms with Gasteiger partial charge in [-0.1, -0.05) is 0 Å². The minimum Gasteiger partial charge on any atom is -0.369 e. The lowest BCUT2D eigenvalue weighted by molar-refractivity contribution is -0.107. The first kappa shape index (κ1) is 10.9. The number of aryl methyl sites for hydroxylation is 1. The molecule has 0 amide bonds. The summed E-state index contributed by atoms with van der Waals surface area (Å²) in [4.78, 5) is 18.2. The fourth-order valence-electron chi connectivity index (χ4n) is 1.02. The topological polar surface area (TPSA) is 54.9 Å². The highest BCUT2D eigenvalue weighted by Gasteiger charge is 2.05. The van der Waals surface area contributed by atoms with Crippen LogP contribution in [-0.2, 0) is 4.79 Å². The molecule has 0 saturated carbocycles.